The van der Waals surface area contributed by atoms with Crippen LogP contribution in [0.2, 0.25) is 0 Å². The van der Waals surface area contributed by atoms with E-state index in [4.69, 9.17) is 4.74 Å². The molecule has 1 unspecified atom stereocenters. The first kappa shape index (κ1) is 13.9. The monoisotopic (exact) mass is 256 g/mol. The highest BCUT2D eigenvalue weighted by molar-refractivity contribution is 8.14. The SMILES string of the molecule is CCOC(=O)CSC1=NC(=O)C(CC)C(C)=N1. The molecule has 17 heavy (non-hydrogen) atoms. The zero-order chi connectivity index (χ0) is 12.8. The fourth-order valence-electron chi connectivity index (χ4n) is 1.47. The molecular formula is C11H16N2O3S. The minimum absolute atomic E-state index is 0.132. The topological polar surface area (TPSA) is 68.1 Å². The van der Waals surface area contributed by atoms with Crippen LogP contribution in [0, 0.1) is 5.92 Å². The highest BCUT2D eigenvalue weighted by Crippen LogP contribution is 2.18. The third kappa shape index (κ3) is 3.96. The summed E-state index contributed by atoms with van der Waals surface area (Å²) < 4.78 is 4.78. The van der Waals surface area contributed by atoms with Gasteiger partial charge in [0.15, 0.2) is 5.17 Å². The Kier molecular flexibility index (Phi) is 5.34. The predicted octanol–water partition coefficient (Wildman–Crippen LogP) is 1.67. The van der Waals surface area contributed by atoms with E-state index in [-0.39, 0.29) is 23.5 Å². The van der Waals surface area contributed by atoms with Gasteiger partial charge in [-0.15, -0.1) is 0 Å². The summed E-state index contributed by atoms with van der Waals surface area (Å²) in [5.41, 5.74) is 0.763. The zero-order valence-electron chi connectivity index (χ0n) is 10.2. The number of nitrogens with zero attached hydrogens (tertiary/aromatic N) is 2. The molecule has 1 amide bonds. The molecular weight excluding hydrogens is 240 g/mol. The van der Waals surface area contributed by atoms with Crippen LogP contribution in [0.4, 0.5) is 0 Å². The third-order valence-electron chi connectivity index (χ3n) is 2.31. The first-order valence-corrected chi connectivity index (χ1v) is 6.53. The van der Waals surface area contributed by atoms with E-state index in [0.29, 0.717) is 18.2 Å². The molecule has 1 aliphatic rings. The quantitative estimate of drug-likeness (QED) is 0.717. The number of rotatable bonds is 4. The summed E-state index contributed by atoms with van der Waals surface area (Å²) in [5, 5.41) is 0.352. The van der Waals surface area contributed by atoms with E-state index in [2.05, 4.69) is 9.98 Å². The Morgan fingerprint density at radius 3 is 2.65 bits per heavy atom. The van der Waals surface area contributed by atoms with E-state index in [1.165, 1.54) is 0 Å². The minimum atomic E-state index is -0.321. The van der Waals surface area contributed by atoms with Gasteiger partial charge in [0.05, 0.1) is 18.3 Å². The molecule has 0 saturated carbocycles. The summed E-state index contributed by atoms with van der Waals surface area (Å²) >= 11 is 1.13. The summed E-state index contributed by atoms with van der Waals surface area (Å²) in [7, 11) is 0. The van der Waals surface area contributed by atoms with E-state index in [1.54, 1.807) is 6.92 Å². The van der Waals surface area contributed by atoms with Gasteiger partial charge in [-0.2, -0.15) is 4.99 Å². The van der Waals surface area contributed by atoms with Gasteiger partial charge in [-0.3, -0.25) is 9.59 Å². The van der Waals surface area contributed by atoms with Gasteiger partial charge in [-0.25, -0.2) is 4.99 Å². The Balaban J connectivity index is 2.57. The second-order valence-corrected chi connectivity index (χ2v) is 4.48. The molecule has 0 aromatic rings. The standard InChI is InChI=1S/C11H16N2O3S/c1-4-8-7(3)12-11(13-10(8)15)17-6-9(14)16-5-2/h8H,4-6H2,1-3H3. The lowest BCUT2D eigenvalue weighted by Crippen LogP contribution is -2.25. The van der Waals surface area contributed by atoms with Gasteiger partial charge in [0, 0.05) is 5.71 Å². The summed E-state index contributed by atoms with van der Waals surface area (Å²) in [6, 6.07) is 0. The fourth-order valence-corrected chi connectivity index (χ4v) is 2.16. The van der Waals surface area contributed by atoms with Gasteiger partial charge in [0.2, 0.25) is 0 Å². The number of amides is 1. The molecule has 0 bridgehead atoms. The van der Waals surface area contributed by atoms with Gasteiger partial charge < -0.3 is 4.74 Å². The molecule has 94 valence electrons. The van der Waals surface area contributed by atoms with Crippen LogP contribution in [0.3, 0.4) is 0 Å². The molecule has 1 aliphatic heterocycles. The maximum Gasteiger partial charge on any atom is 0.316 e. The van der Waals surface area contributed by atoms with Crippen LogP contribution in [0.25, 0.3) is 0 Å². The summed E-state index contributed by atoms with van der Waals surface area (Å²) in [4.78, 5) is 30.8. The first-order chi connectivity index (χ1) is 8.08. The van der Waals surface area contributed by atoms with Gasteiger partial charge in [-0.05, 0) is 20.3 Å². The maximum atomic E-state index is 11.6. The van der Waals surface area contributed by atoms with Gasteiger partial charge in [0.25, 0.3) is 5.91 Å². The second kappa shape index (κ2) is 6.54. The minimum Gasteiger partial charge on any atom is -0.465 e. The van der Waals surface area contributed by atoms with E-state index < -0.39 is 0 Å². The molecule has 0 radical (unpaired) electrons. The molecule has 1 heterocycles. The zero-order valence-corrected chi connectivity index (χ0v) is 11.0. The Labute approximate surface area is 105 Å². The van der Waals surface area contributed by atoms with Gasteiger partial charge in [-0.1, -0.05) is 18.7 Å². The van der Waals surface area contributed by atoms with Crippen molar-refractivity contribution in [1.82, 2.24) is 0 Å². The highest BCUT2D eigenvalue weighted by Gasteiger charge is 2.24. The summed E-state index contributed by atoms with van der Waals surface area (Å²) in [5.74, 6) is -0.570. The van der Waals surface area contributed by atoms with Crippen molar-refractivity contribution < 1.29 is 14.3 Å². The number of thioether (sulfide) groups is 1. The largest absolute Gasteiger partial charge is 0.465 e. The molecule has 0 saturated heterocycles. The predicted molar refractivity (Wildman–Crippen MR) is 68.4 cm³/mol. The van der Waals surface area contributed by atoms with E-state index >= 15 is 0 Å². The maximum absolute atomic E-state index is 11.6. The van der Waals surface area contributed by atoms with Crippen LogP contribution < -0.4 is 0 Å². The Morgan fingerprint density at radius 1 is 1.41 bits per heavy atom. The number of aliphatic imine (C=N–C) groups is 2. The number of hydrogen-bond acceptors (Lipinski definition) is 5. The van der Waals surface area contributed by atoms with Gasteiger partial charge in [0.1, 0.15) is 0 Å². The van der Waals surface area contributed by atoms with Crippen molar-refractivity contribution in [2.75, 3.05) is 12.4 Å². The Hall–Kier alpha value is -1.17. The van der Waals surface area contributed by atoms with Crippen molar-refractivity contribution in [3.05, 3.63) is 0 Å². The highest BCUT2D eigenvalue weighted by atomic mass is 32.2. The first-order valence-electron chi connectivity index (χ1n) is 5.54. The average Bonchev–Trinajstić information content (AvgIpc) is 2.26. The molecule has 1 atom stereocenters. The number of carbonyl (C=O) groups excluding carboxylic acids is 2. The van der Waals surface area contributed by atoms with Crippen LogP contribution in [-0.2, 0) is 14.3 Å². The Morgan fingerprint density at radius 2 is 2.12 bits per heavy atom. The third-order valence-corrected chi connectivity index (χ3v) is 3.13. The molecule has 0 N–H and O–H groups in total. The lowest BCUT2D eigenvalue weighted by molar-refractivity contribution is -0.139. The molecule has 0 aromatic heterocycles. The molecule has 5 nitrogen and oxygen atoms in total. The Bertz CT molecular complexity index is 377. The number of hydrogen-bond donors (Lipinski definition) is 0. The van der Waals surface area contributed by atoms with Crippen LogP contribution in [-0.4, -0.2) is 35.1 Å². The molecule has 0 aromatic carbocycles. The van der Waals surface area contributed by atoms with Gasteiger partial charge >= 0.3 is 5.97 Å². The van der Waals surface area contributed by atoms with Crippen molar-refractivity contribution in [2.24, 2.45) is 15.9 Å². The summed E-state index contributed by atoms with van der Waals surface area (Å²) in [6.45, 7) is 5.84. The lowest BCUT2D eigenvalue weighted by Gasteiger charge is -2.15. The second-order valence-electron chi connectivity index (χ2n) is 3.54. The normalized spacial score (nSPS) is 19.7. The number of amidine groups is 1. The van der Waals surface area contributed by atoms with Crippen molar-refractivity contribution in [2.45, 2.75) is 27.2 Å². The van der Waals surface area contributed by atoms with E-state index in [1.807, 2.05) is 13.8 Å². The average molecular weight is 256 g/mol. The molecule has 1 rings (SSSR count). The smallest absolute Gasteiger partial charge is 0.316 e. The van der Waals surface area contributed by atoms with Crippen molar-refractivity contribution >= 4 is 34.5 Å². The van der Waals surface area contributed by atoms with E-state index in [9.17, 15) is 9.59 Å². The molecule has 0 spiro atoms. The van der Waals surface area contributed by atoms with Crippen molar-refractivity contribution in [3.63, 3.8) is 0 Å². The van der Waals surface area contributed by atoms with Crippen LogP contribution in [0.15, 0.2) is 9.98 Å². The van der Waals surface area contributed by atoms with E-state index in [0.717, 1.165) is 17.5 Å². The van der Waals surface area contributed by atoms with Crippen LogP contribution in [0.5, 0.6) is 0 Å². The van der Waals surface area contributed by atoms with Crippen molar-refractivity contribution in [1.29, 1.82) is 0 Å². The van der Waals surface area contributed by atoms with Crippen LogP contribution >= 0.6 is 11.8 Å². The van der Waals surface area contributed by atoms with Crippen molar-refractivity contribution in [3.8, 4) is 0 Å². The number of ether oxygens (including phenoxy) is 1. The number of carbonyl (C=O) groups is 2. The lowest BCUT2D eigenvalue weighted by atomic mass is 10.0. The number of esters is 1. The molecule has 6 heteroatoms. The fraction of sp³-hybridized carbons (Fsp3) is 0.636. The molecule has 0 fully saturated rings. The molecule has 0 aliphatic carbocycles. The van der Waals surface area contributed by atoms with Crippen LogP contribution in [0.1, 0.15) is 27.2 Å². The summed E-state index contributed by atoms with van der Waals surface area (Å²) in [6.07, 6.45) is 0.702.